The number of thiophene rings is 1. The molecular weight excluding hydrogens is 300 g/mol. The van der Waals surface area contributed by atoms with Crippen molar-refractivity contribution in [3.05, 3.63) is 46.2 Å². The Hall–Kier alpha value is -2.37. The Labute approximate surface area is 119 Å². The van der Waals surface area contributed by atoms with E-state index in [0.29, 0.717) is 5.56 Å². The van der Waals surface area contributed by atoms with Gasteiger partial charge in [-0.2, -0.15) is 5.26 Å². The van der Waals surface area contributed by atoms with Crippen LogP contribution in [-0.4, -0.2) is 19.5 Å². The highest BCUT2D eigenvalue weighted by atomic mass is 32.2. The first kappa shape index (κ1) is 14.0. The molecule has 0 atom stereocenters. The number of anilines is 1. The van der Waals surface area contributed by atoms with E-state index in [1.54, 1.807) is 12.1 Å². The van der Waals surface area contributed by atoms with Crippen molar-refractivity contribution >= 4 is 33.0 Å². The number of carbonyl (C=O) groups is 1. The Morgan fingerprint density at radius 1 is 1.35 bits per heavy atom. The van der Waals surface area contributed by atoms with Crippen LogP contribution in [0.4, 0.5) is 5.69 Å². The van der Waals surface area contributed by atoms with Gasteiger partial charge in [0.2, 0.25) is 0 Å². The lowest BCUT2D eigenvalue weighted by molar-refractivity contribution is 0.0702. The molecule has 8 heteroatoms. The first-order valence-electron chi connectivity index (χ1n) is 5.27. The average molecular weight is 308 g/mol. The Kier molecular flexibility index (Phi) is 3.74. The predicted molar refractivity (Wildman–Crippen MR) is 73.2 cm³/mol. The van der Waals surface area contributed by atoms with Gasteiger partial charge >= 0.3 is 5.97 Å². The maximum atomic E-state index is 12.1. The van der Waals surface area contributed by atoms with Crippen LogP contribution in [0.15, 0.2) is 40.6 Å². The zero-order valence-corrected chi connectivity index (χ0v) is 11.5. The molecular formula is C12H8N2O4S2. The van der Waals surface area contributed by atoms with Gasteiger partial charge in [-0.15, -0.1) is 11.3 Å². The van der Waals surface area contributed by atoms with E-state index < -0.39 is 16.0 Å². The number of carboxylic acids is 1. The fourth-order valence-corrected chi connectivity index (χ4v) is 3.60. The third-order valence-corrected chi connectivity index (χ3v) is 4.77. The number of nitrogens with one attached hydrogen (secondary N) is 1. The van der Waals surface area contributed by atoms with Crippen molar-refractivity contribution in [2.24, 2.45) is 0 Å². The molecule has 2 aromatic rings. The molecule has 0 amide bonds. The standard InChI is InChI=1S/C12H8N2O4S2/c13-6-8-2-1-3-9(4-8)14-20(17,18)10-5-11(12(15)16)19-7-10/h1-5,7,14H,(H,15,16). The number of rotatable bonds is 4. The van der Waals surface area contributed by atoms with Crippen LogP contribution in [0.25, 0.3) is 0 Å². The number of nitrogens with zero attached hydrogens (tertiary/aromatic N) is 1. The Morgan fingerprint density at radius 3 is 2.70 bits per heavy atom. The third kappa shape index (κ3) is 2.96. The number of hydrogen-bond acceptors (Lipinski definition) is 5. The van der Waals surface area contributed by atoms with E-state index in [2.05, 4.69) is 4.72 Å². The summed E-state index contributed by atoms with van der Waals surface area (Å²) in [5, 5.41) is 18.8. The molecule has 1 heterocycles. The molecule has 0 aliphatic heterocycles. The summed E-state index contributed by atoms with van der Waals surface area (Å²) in [6.07, 6.45) is 0. The molecule has 6 nitrogen and oxygen atoms in total. The van der Waals surface area contributed by atoms with Gasteiger partial charge in [0, 0.05) is 5.38 Å². The second-order valence-electron chi connectivity index (χ2n) is 3.75. The van der Waals surface area contributed by atoms with E-state index >= 15 is 0 Å². The summed E-state index contributed by atoms with van der Waals surface area (Å²) in [5.41, 5.74) is 0.564. The molecule has 1 aromatic heterocycles. The molecule has 0 saturated heterocycles. The van der Waals surface area contributed by atoms with Crippen LogP contribution in [0, 0.1) is 11.3 Å². The van der Waals surface area contributed by atoms with Gasteiger partial charge in [0.25, 0.3) is 10.0 Å². The molecule has 0 radical (unpaired) electrons. The topological polar surface area (TPSA) is 107 Å². The third-order valence-electron chi connectivity index (χ3n) is 2.34. The van der Waals surface area contributed by atoms with Crippen molar-refractivity contribution in [1.82, 2.24) is 0 Å². The fraction of sp³-hybridized carbons (Fsp3) is 0. The SMILES string of the molecule is N#Cc1cccc(NS(=O)(=O)c2csc(C(=O)O)c2)c1. The summed E-state index contributed by atoms with van der Waals surface area (Å²) in [6, 6.07) is 8.98. The summed E-state index contributed by atoms with van der Waals surface area (Å²) in [4.78, 5) is 10.6. The van der Waals surface area contributed by atoms with Crippen LogP contribution in [0.1, 0.15) is 15.2 Å². The summed E-state index contributed by atoms with van der Waals surface area (Å²) in [6.45, 7) is 0. The summed E-state index contributed by atoms with van der Waals surface area (Å²) in [5.74, 6) is -1.18. The highest BCUT2D eigenvalue weighted by Crippen LogP contribution is 2.22. The largest absolute Gasteiger partial charge is 0.477 e. The second kappa shape index (κ2) is 5.32. The van der Waals surface area contributed by atoms with Crippen LogP contribution >= 0.6 is 11.3 Å². The van der Waals surface area contributed by atoms with Gasteiger partial charge in [-0.1, -0.05) is 6.07 Å². The molecule has 2 rings (SSSR count). The smallest absolute Gasteiger partial charge is 0.345 e. The molecule has 20 heavy (non-hydrogen) atoms. The maximum Gasteiger partial charge on any atom is 0.345 e. The summed E-state index contributed by atoms with van der Waals surface area (Å²) < 4.78 is 26.4. The number of aromatic carboxylic acids is 1. The highest BCUT2D eigenvalue weighted by molar-refractivity contribution is 7.92. The van der Waals surface area contributed by atoms with E-state index in [1.165, 1.54) is 17.5 Å². The number of carboxylic acid groups (broad SMARTS) is 1. The minimum atomic E-state index is -3.86. The van der Waals surface area contributed by atoms with Crippen molar-refractivity contribution < 1.29 is 18.3 Å². The molecule has 0 fully saturated rings. The van der Waals surface area contributed by atoms with Gasteiger partial charge in [-0.3, -0.25) is 4.72 Å². The predicted octanol–water partition coefficient (Wildman–Crippen LogP) is 2.12. The van der Waals surface area contributed by atoms with E-state index in [0.717, 1.165) is 17.4 Å². The number of hydrogen-bond donors (Lipinski definition) is 2. The van der Waals surface area contributed by atoms with Gasteiger partial charge in [0.05, 0.1) is 22.2 Å². The van der Waals surface area contributed by atoms with Gasteiger partial charge in [0.1, 0.15) is 4.88 Å². The van der Waals surface area contributed by atoms with Crippen molar-refractivity contribution in [3.8, 4) is 6.07 Å². The monoisotopic (exact) mass is 308 g/mol. The van der Waals surface area contributed by atoms with Crippen LogP contribution in [0.2, 0.25) is 0 Å². The Morgan fingerprint density at radius 2 is 2.10 bits per heavy atom. The van der Waals surface area contributed by atoms with Crippen LogP contribution in [0.5, 0.6) is 0 Å². The maximum absolute atomic E-state index is 12.1. The van der Waals surface area contributed by atoms with E-state index in [4.69, 9.17) is 10.4 Å². The lowest BCUT2D eigenvalue weighted by atomic mass is 10.2. The Balaban J connectivity index is 2.30. The van der Waals surface area contributed by atoms with Crippen LogP contribution < -0.4 is 4.72 Å². The van der Waals surface area contributed by atoms with Gasteiger partial charge in [0.15, 0.2) is 0 Å². The van der Waals surface area contributed by atoms with Crippen molar-refractivity contribution in [1.29, 1.82) is 5.26 Å². The minimum absolute atomic E-state index is 0.0591. The van der Waals surface area contributed by atoms with E-state index in [-0.39, 0.29) is 15.5 Å². The number of sulfonamides is 1. The minimum Gasteiger partial charge on any atom is -0.477 e. The van der Waals surface area contributed by atoms with Gasteiger partial charge in [-0.25, -0.2) is 13.2 Å². The lowest BCUT2D eigenvalue weighted by Crippen LogP contribution is -2.12. The molecule has 0 unspecified atom stereocenters. The molecule has 0 spiro atoms. The fourth-order valence-electron chi connectivity index (χ4n) is 1.44. The van der Waals surface area contributed by atoms with E-state index in [9.17, 15) is 13.2 Å². The first-order chi connectivity index (χ1) is 9.42. The van der Waals surface area contributed by atoms with Crippen LogP contribution in [-0.2, 0) is 10.0 Å². The molecule has 0 saturated carbocycles. The average Bonchev–Trinajstić information content (AvgIpc) is 2.89. The normalized spacial score (nSPS) is 10.8. The molecule has 2 N–H and O–H groups in total. The highest BCUT2D eigenvalue weighted by Gasteiger charge is 2.18. The zero-order valence-electron chi connectivity index (χ0n) is 9.90. The molecule has 1 aromatic carbocycles. The second-order valence-corrected chi connectivity index (χ2v) is 6.34. The molecule has 102 valence electrons. The number of nitriles is 1. The van der Waals surface area contributed by atoms with Gasteiger partial charge < -0.3 is 5.11 Å². The summed E-state index contributed by atoms with van der Waals surface area (Å²) in [7, 11) is -3.86. The van der Waals surface area contributed by atoms with Crippen LogP contribution in [0.3, 0.4) is 0 Å². The molecule has 0 aliphatic carbocycles. The Bertz CT molecular complexity index is 803. The molecule has 0 bridgehead atoms. The number of benzene rings is 1. The lowest BCUT2D eigenvalue weighted by Gasteiger charge is -2.06. The van der Waals surface area contributed by atoms with E-state index in [1.807, 2.05) is 6.07 Å². The molecule has 0 aliphatic rings. The van der Waals surface area contributed by atoms with Crippen molar-refractivity contribution in [3.63, 3.8) is 0 Å². The quantitative estimate of drug-likeness (QED) is 0.899. The van der Waals surface area contributed by atoms with Gasteiger partial charge in [-0.05, 0) is 24.3 Å². The van der Waals surface area contributed by atoms with Crippen molar-refractivity contribution in [2.45, 2.75) is 4.90 Å². The summed E-state index contributed by atoms with van der Waals surface area (Å²) >= 11 is 0.832. The first-order valence-corrected chi connectivity index (χ1v) is 7.63. The van der Waals surface area contributed by atoms with Crippen molar-refractivity contribution in [2.75, 3.05) is 4.72 Å². The zero-order chi connectivity index (χ0) is 14.8.